The zero-order chi connectivity index (χ0) is 22.1. The van der Waals surface area contributed by atoms with Crippen molar-refractivity contribution < 1.29 is 19.1 Å². The van der Waals surface area contributed by atoms with Crippen LogP contribution in [-0.2, 0) is 11.4 Å². The van der Waals surface area contributed by atoms with Gasteiger partial charge in [0.1, 0.15) is 18.1 Å². The molecule has 158 valence electrons. The monoisotopic (exact) mass is 415 g/mol. The predicted octanol–water partition coefficient (Wildman–Crippen LogP) is 4.63. The first kappa shape index (κ1) is 21.8. The number of carbonyl (C=O) groups excluding carboxylic acids is 2. The number of ether oxygens (including phenoxy) is 2. The molecular formula is C26H25NO4. The molecule has 31 heavy (non-hydrogen) atoms. The molecule has 0 aliphatic rings. The van der Waals surface area contributed by atoms with E-state index in [1.807, 2.05) is 54.6 Å². The first-order chi connectivity index (χ1) is 15.0. The Morgan fingerprint density at radius 2 is 1.58 bits per heavy atom. The largest absolute Gasteiger partial charge is 0.489 e. The summed E-state index contributed by atoms with van der Waals surface area (Å²) in [6, 6.07) is 24.3. The van der Waals surface area contributed by atoms with Gasteiger partial charge in [0.05, 0.1) is 0 Å². The molecule has 3 aromatic rings. The van der Waals surface area contributed by atoms with E-state index < -0.39 is 0 Å². The smallest absolute Gasteiger partial charge is 0.259 e. The molecule has 0 aliphatic carbocycles. The topological polar surface area (TPSA) is 55.8 Å². The standard InChI is InChI=1S/C26H25NO4/c1-27(2)26(29)19-31-23-14-12-22(13-15-23)25(28)16-11-20-9-6-10-24(17-20)30-18-21-7-4-3-5-8-21/h3-17H,18-19H2,1-2H3. The molecule has 3 rings (SSSR count). The number of hydrogen-bond acceptors (Lipinski definition) is 4. The third-order valence-electron chi connectivity index (χ3n) is 4.53. The Hall–Kier alpha value is -3.86. The van der Waals surface area contributed by atoms with Crippen LogP contribution >= 0.6 is 0 Å². The molecule has 0 saturated heterocycles. The summed E-state index contributed by atoms with van der Waals surface area (Å²) in [4.78, 5) is 25.5. The fraction of sp³-hybridized carbons (Fsp3) is 0.154. The molecule has 0 aromatic heterocycles. The molecular weight excluding hydrogens is 390 g/mol. The summed E-state index contributed by atoms with van der Waals surface area (Å²) >= 11 is 0. The van der Waals surface area contributed by atoms with Gasteiger partial charge in [-0.1, -0.05) is 48.5 Å². The lowest BCUT2D eigenvalue weighted by atomic mass is 10.1. The maximum Gasteiger partial charge on any atom is 0.259 e. The van der Waals surface area contributed by atoms with E-state index in [-0.39, 0.29) is 18.3 Å². The third kappa shape index (κ3) is 6.85. The van der Waals surface area contributed by atoms with E-state index in [4.69, 9.17) is 9.47 Å². The molecule has 0 N–H and O–H groups in total. The van der Waals surface area contributed by atoms with Crippen molar-refractivity contribution in [2.75, 3.05) is 20.7 Å². The number of amides is 1. The SMILES string of the molecule is CN(C)C(=O)COc1ccc(C(=O)C=Cc2cccc(OCc3ccccc3)c2)cc1. The predicted molar refractivity (Wildman–Crippen MR) is 121 cm³/mol. The van der Waals surface area contributed by atoms with Crippen LogP contribution < -0.4 is 9.47 Å². The van der Waals surface area contributed by atoms with E-state index in [0.717, 1.165) is 16.9 Å². The number of nitrogens with zero attached hydrogens (tertiary/aromatic N) is 1. The van der Waals surface area contributed by atoms with Crippen LogP contribution in [0.3, 0.4) is 0 Å². The minimum absolute atomic E-state index is 0.0388. The summed E-state index contributed by atoms with van der Waals surface area (Å²) < 4.78 is 11.3. The lowest BCUT2D eigenvalue weighted by Gasteiger charge is -2.11. The van der Waals surface area contributed by atoms with Gasteiger partial charge < -0.3 is 14.4 Å². The van der Waals surface area contributed by atoms with Crippen molar-refractivity contribution in [2.45, 2.75) is 6.61 Å². The number of benzene rings is 3. The van der Waals surface area contributed by atoms with E-state index in [0.29, 0.717) is 17.9 Å². The summed E-state index contributed by atoms with van der Waals surface area (Å²) in [7, 11) is 3.34. The maximum atomic E-state index is 12.5. The van der Waals surface area contributed by atoms with Crippen LogP contribution in [0.15, 0.2) is 84.9 Å². The Bertz CT molecular complexity index is 1040. The van der Waals surface area contributed by atoms with Gasteiger partial charge in [-0.05, 0) is 53.6 Å². The van der Waals surface area contributed by atoms with Gasteiger partial charge in [-0.3, -0.25) is 9.59 Å². The van der Waals surface area contributed by atoms with Gasteiger partial charge in [0.15, 0.2) is 12.4 Å². The zero-order valence-corrected chi connectivity index (χ0v) is 17.7. The second-order valence-corrected chi connectivity index (χ2v) is 7.15. The highest BCUT2D eigenvalue weighted by atomic mass is 16.5. The summed E-state index contributed by atoms with van der Waals surface area (Å²) in [6.45, 7) is 0.449. The number of carbonyl (C=O) groups is 2. The van der Waals surface area contributed by atoms with Crippen LogP contribution in [0.2, 0.25) is 0 Å². The van der Waals surface area contributed by atoms with Gasteiger partial charge in [0.25, 0.3) is 5.91 Å². The molecule has 5 heteroatoms. The quantitative estimate of drug-likeness (QED) is 0.378. The molecule has 0 heterocycles. The lowest BCUT2D eigenvalue weighted by Crippen LogP contribution is -2.27. The molecule has 1 amide bonds. The van der Waals surface area contributed by atoms with Crippen molar-refractivity contribution in [3.05, 3.63) is 102 Å². The van der Waals surface area contributed by atoms with Crippen LogP contribution in [0.25, 0.3) is 6.08 Å². The van der Waals surface area contributed by atoms with Crippen molar-refractivity contribution in [1.82, 2.24) is 4.90 Å². The first-order valence-corrected chi connectivity index (χ1v) is 9.93. The second kappa shape index (κ2) is 10.8. The highest BCUT2D eigenvalue weighted by Crippen LogP contribution is 2.17. The summed E-state index contributed by atoms with van der Waals surface area (Å²) in [6.07, 6.45) is 3.29. The van der Waals surface area contributed by atoms with E-state index in [1.165, 1.54) is 11.0 Å². The number of allylic oxidation sites excluding steroid dienone is 1. The van der Waals surface area contributed by atoms with Crippen LogP contribution in [0.4, 0.5) is 0 Å². The Kier molecular flexibility index (Phi) is 7.60. The molecule has 0 fully saturated rings. The van der Waals surface area contributed by atoms with Crippen LogP contribution in [-0.4, -0.2) is 37.3 Å². The zero-order valence-electron chi connectivity index (χ0n) is 17.7. The fourth-order valence-corrected chi connectivity index (χ4v) is 2.71. The average Bonchev–Trinajstić information content (AvgIpc) is 2.81. The van der Waals surface area contributed by atoms with Crippen molar-refractivity contribution >= 4 is 17.8 Å². The molecule has 0 bridgehead atoms. The normalized spacial score (nSPS) is 10.6. The number of rotatable bonds is 9. The van der Waals surface area contributed by atoms with E-state index in [9.17, 15) is 9.59 Å². The molecule has 0 spiro atoms. The van der Waals surface area contributed by atoms with Gasteiger partial charge in [0, 0.05) is 19.7 Å². The molecule has 0 saturated carbocycles. The maximum absolute atomic E-state index is 12.5. The molecule has 5 nitrogen and oxygen atoms in total. The van der Waals surface area contributed by atoms with Crippen molar-refractivity contribution in [2.24, 2.45) is 0 Å². The minimum Gasteiger partial charge on any atom is -0.489 e. The van der Waals surface area contributed by atoms with Gasteiger partial charge in [-0.2, -0.15) is 0 Å². The van der Waals surface area contributed by atoms with E-state index >= 15 is 0 Å². The Morgan fingerprint density at radius 1 is 0.839 bits per heavy atom. The third-order valence-corrected chi connectivity index (χ3v) is 4.53. The first-order valence-electron chi connectivity index (χ1n) is 9.93. The molecule has 0 radical (unpaired) electrons. The Balaban J connectivity index is 1.56. The van der Waals surface area contributed by atoms with Crippen molar-refractivity contribution in [3.8, 4) is 11.5 Å². The summed E-state index contributed by atoms with van der Waals surface area (Å²) in [5.74, 6) is 1.04. The van der Waals surface area contributed by atoms with Crippen molar-refractivity contribution in [3.63, 3.8) is 0 Å². The molecule has 0 unspecified atom stereocenters. The van der Waals surface area contributed by atoms with Crippen LogP contribution in [0.5, 0.6) is 11.5 Å². The fourth-order valence-electron chi connectivity index (χ4n) is 2.71. The van der Waals surface area contributed by atoms with E-state index in [1.54, 1.807) is 44.4 Å². The van der Waals surface area contributed by atoms with Crippen molar-refractivity contribution in [1.29, 1.82) is 0 Å². The Morgan fingerprint density at radius 3 is 2.29 bits per heavy atom. The molecule has 0 atom stereocenters. The summed E-state index contributed by atoms with van der Waals surface area (Å²) in [5, 5.41) is 0. The van der Waals surface area contributed by atoms with E-state index in [2.05, 4.69) is 0 Å². The Labute approximate surface area is 182 Å². The highest BCUT2D eigenvalue weighted by Gasteiger charge is 2.06. The number of likely N-dealkylation sites (N-methyl/N-ethyl adjacent to an activating group) is 1. The summed E-state index contributed by atoms with van der Waals surface area (Å²) in [5.41, 5.74) is 2.51. The van der Waals surface area contributed by atoms with Gasteiger partial charge in [0.2, 0.25) is 0 Å². The number of ketones is 1. The second-order valence-electron chi connectivity index (χ2n) is 7.15. The number of hydrogen-bond donors (Lipinski definition) is 0. The van der Waals surface area contributed by atoms with Crippen LogP contribution in [0.1, 0.15) is 21.5 Å². The van der Waals surface area contributed by atoms with Gasteiger partial charge in [-0.25, -0.2) is 0 Å². The molecule has 0 aliphatic heterocycles. The minimum atomic E-state index is -0.127. The van der Waals surface area contributed by atoms with Crippen LogP contribution in [0, 0.1) is 0 Å². The molecule has 3 aromatic carbocycles. The highest BCUT2D eigenvalue weighted by molar-refractivity contribution is 6.06. The van der Waals surface area contributed by atoms with Gasteiger partial charge >= 0.3 is 0 Å². The average molecular weight is 415 g/mol. The lowest BCUT2D eigenvalue weighted by molar-refractivity contribution is -0.130. The van der Waals surface area contributed by atoms with Gasteiger partial charge in [-0.15, -0.1) is 0 Å².